The predicted octanol–water partition coefficient (Wildman–Crippen LogP) is 2.13. The van der Waals surface area contributed by atoms with Crippen molar-refractivity contribution in [3.8, 4) is 0 Å². The summed E-state index contributed by atoms with van der Waals surface area (Å²) in [5.41, 5.74) is -0.456. The van der Waals surface area contributed by atoms with Crippen molar-refractivity contribution in [2.45, 2.75) is 32.4 Å². The lowest BCUT2D eigenvalue weighted by Gasteiger charge is -2.25. The van der Waals surface area contributed by atoms with E-state index >= 15 is 0 Å². The number of aromatic nitrogens is 2. The van der Waals surface area contributed by atoms with Gasteiger partial charge in [-0.25, -0.2) is 9.97 Å². The molecule has 0 radical (unpaired) electrons. The minimum Gasteiger partial charge on any atom is -0.305 e. The number of hydrogen-bond acceptors (Lipinski definition) is 5. The standard InChI is InChI=1S/C14H15F3N4OS/c1-7-19-10-3-2-8(12(22)21-13-18-4-5-23-13)6-9(10)11(20-7)14(15,16)17/h8H,2-6H2,1H3,(H,18,21,22)/t8-/m1/s1. The van der Waals surface area contributed by atoms with Crippen molar-refractivity contribution in [2.24, 2.45) is 10.9 Å². The van der Waals surface area contributed by atoms with Gasteiger partial charge < -0.3 is 5.32 Å². The highest BCUT2D eigenvalue weighted by Gasteiger charge is 2.40. The van der Waals surface area contributed by atoms with Crippen LogP contribution in [0.25, 0.3) is 0 Å². The third-order valence-corrected chi connectivity index (χ3v) is 4.73. The minimum atomic E-state index is -4.54. The van der Waals surface area contributed by atoms with E-state index in [4.69, 9.17) is 0 Å². The smallest absolute Gasteiger partial charge is 0.305 e. The number of aliphatic imine (C=N–C) groups is 1. The molecule has 1 atom stereocenters. The van der Waals surface area contributed by atoms with Crippen molar-refractivity contribution in [1.29, 1.82) is 0 Å². The predicted molar refractivity (Wildman–Crippen MR) is 80.2 cm³/mol. The molecule has 2 heterocycles. The quantitative estimate of drug-likeness (QED) is 0.847. The second-order valence-corrected chi connectivity index (χ2v) is 6.59. The van der Waals surface area contributed by atoms with Crippen LogP contribution in [0.15, 0.2) is 4.99 Å². The lowest BCUT2D eigenvalue weighted by atomic mass is 9.85. The Kier molecular flexibility index (Phi) is 4.31. The van der Waals surface area contributed by atoms with E-state index in [0.29, 0.717) is 30.2 Å². The maximum atomic E-state index is 13.2. The van der Waals surface area contributed by atoms with E-state index in [1.165, 1.54) is 18.7 Å². The zero-order chi connectivity index (χ0) is 16.6. The highest BCUT2D eigenvalue weighted by molar-refractivity contribution is 8.14. The van der Waals surface area contributed by atoms with Crippen LogP contribution < -0.4 is 5.32 Å². The normalized spacial score (nSPS) is 20.9. The van der Waals surface area contributed by atoms with Crippen LogP contribution in [0.5, 0.6) is 0 Å². The van der Waals surface area contributed by atoms with Crippen molar-refractivity contribution in [2.75, 3.05) is 12.3 Å². The first-order valence-electron chi connectivity index (χ1n) is 7.26. The molecule has 1 amide bonds. The number of nitrogens with one attached hydrogen (secondary N) is 1. The number of amides is 1. The van der Waals surface area contributed by atoms with Crippen molar-refractivity contribution in [3.05, 3.63) is 22.8 Å². The second-order valence-electron chi connectivity index (χ2n) is 5.51. The Bertz CT molecular complexity index is 675. The summed E-state index contributed by atoms with van der Waals surface area (Å²) >= 11 is 1.44. The molecule has 0 spiro atoms. The second kappa shape index (κ2) is 6.10. The summed E-state index contributed by atoms with van der Waals surface area (Å²) in [6.45, 7) is 2.10. The lowest BCUT2D eigenvalue weighted by Crippen LogP contribution is -2.37. The minimum absolute atomic E-state index is 0.00817. The average molecular weight is 344 g/mol. The fourth-order valence-electron chi connectivity index (χ4n) is 2.81. The summed E-state index contributed by atoms with van der Waals surface area (Å²) < 4.78 is 39.6. The number of alkyl halides is 3. The number of aryl methyl sites for hydroxylation is 2. The molecule has 1 aliphatic carbocycles. The molecule has 3 rings (SSSR count). The van der Waals surface area contributed by atoms with Gasteiger partial charge in [0.05, 0.1) is 6.54 Å². The highest BCUT2D eigenvalue weighted by Crippen LogP contribution is 2.36. The summed E-state index contributed by atoms with van der Waals surface area (Å²) in [6, 6.07) is 0. The number of fused-ring (bicyclic) bond motifs is 1. The van der Waals surface area contributed by atoms with E-state index in [-0.39, 0.29) is 23.7 Å². The van der Waals surface area contributed by atoms with E-state index in [1.54, 1.807) is 0 Å². The van der Waals surface area contributed by atoms with Crippen LogP contribution in [-0.4, -0.2) is 33.3 Å². The number of nitrogens with zero attached hydrogens (tertiary/aromatic N) is 3. The molecule has 0 saturated carbocycles. The van der Waals surface area contributed by atoms with Gasteiger partial charge in [0, 0.05) is 22.9 Å². The fraction of sp³-hybridized carbons (Fsp3) is 0.571. The number of carbonyl (C=O) groups excluding carboxylic acids is 1. The van der Waals surface area contributed by atoms with Crippen LogP contribution in [-0.2, 0) is 23.8 Å². The molecule has 1 N–H and O–H groups in total. The molecule has 1 aliphatic heterocycles. The molecule has 23 heavy (non-hydrogen) atoms. The van der Waals surface area contributed by atoms with Crippen LogP contribution in [0, 0.1) is 12.8 Å². The van der Waals surface area contributed by atoms with Gasteiger partial charge in [0.25, 0.3) is 0 Å². The third kappa shape index (κ3) is 3.49. The first-order valence-corrected chi connectivity index (χ1v) is 8.25. The molecule has 0 fully saturated rings. The summed E-state index contributed by atoms with van der Waals surface area (Å²) in [7, 11) is 0. The van der Waals surface area contributed by atoms with Crippen molar-refractivity contribution >= 4 is 22.8 Å². The first kappa shape index (κ1) is 16.2. The van der Waals surface area contributed by atoms with Gasteiger partial charge in [0.1, 0.15) is 5.82 Å². The summed E-state index contributed by atoms with van der Waals surface area (Å²) in [5.74, 6) is 0.126. The van der Waals surface area contributed by atoms with Gasteiger partial charge >= 0.3 is 6.18 Å². The molecule has 2 aliphatic rings. The molecule has 0 saturated heterocycles. The SMILES string of the molecule is Cc1nc2c(c(C(F)(F)F)n1)C[C@H](C(=O)NC1=NCCS1)CC2. The number of thioether (sulfide) groups is 1. The zero-order valence-electron chi connectivity index (χ0n) is 12.4. The summed E-state index contributed by atoms with van der Waals surface area (Å²) in [6.07, 6.45) is -3.71. The van der Waals surface area contributed by atoms with Crippen LogP contribution in [0.4, 0.5) is 13.2 Å². The van der Waals surface area contributed by atoms with E-state index in [0.717, 1.165) is 5.75 Å². The van der Waals surface area contributed by atoms with Gasteiger partial charge in [-0.15, -0.1) is 0 Å². The molecule has 0 unspecified atom stereocenters. The van der Waals surface area contributed by atoms with Crippen molar-refractivity contribution < 1.29 is 18.0 Å². The van der Waals surface area contributed by atoms with Gasteiger partial charge in [-0.3, -0.25) is 9.79 Å². The Morgan fingerprint density at radius 1 is 1.35 bits per heavy atom. The van der Waals surface area contributed by atoms with Crippen LogP contribution in [0.3, 0.4) is 0 Å². The Morgan fingerprint density at radius 2 is 2.13 bits per heavy atom. The van der Waals surface area contributed by atoms with Crippen LogP contribution >= 0.6 is 11.8 Å². The number of hydrogen-bond donors (Lipinski definition) is 1. The summed E-state index contributed by atoms with van der Waals surface area (Å²) in [5, 5.41) is 3.25. The Hall–Kier alpha value is -1.64. The van der Waals surface area contributed by atoms with Gasteiger partial charge in [-0.05, 0) is 26.2 Å². The molecule has 1 aromatic heterocycles. The molecule has 124 valence electrons. The van der Waals surface area contributed by atoms with E-state index < -0.39 is 17.8 Å². The van der Waals surface area contributed by atoms with Crippen LogP contribution in [0.1, 0.15) is 29.2 Å². The lowest BCUT2D eigenvalue weighted by molar-refractivity contribution is -0.142. The van der Waals surface area contributed by atoms with E-state index in [9.17, 15) is 18.0 Å². The maximum absolute atomic E-state index is 13.2. The van der Waals surface area contributed by atoms with Gasteiger partial charge in [-0.2, -0.15) is 13.2 Å². The number of rotatable bonds is 1. The molecule has 9 heteroatoms. The average Bonchev–Trinajstić information content (AvgIpc) is 2.97. The van der Waals surface area contributed by atoms with Gasteiger partial charge in [0.15, 0.2) is 10.9 Å². The highest BCUT2D eigenvalue weighted by atomic mass is 32.2. The Balaban J connectivity index is 1.83. The molecular weight excluding hydrogens is 329 g/mol. The monoisotopic (exact) mass is 344 g/mol. The summed E-state index contributed by atoms with van der Waals surface area (Å²) in [4.78, 5) is 24.1. The van der Waals surface area contributed by atoms with Crippen molar-refractivity contribution in [3.63, 3.8) is 0 Å². The fourth-order valence-corrected chi connectivity index (χ4v) is 3.54. The Labute approximate surface area is 135 Å². The first-order chi connectivity index (χ1) is 10.8. The van der Waals surface area contributed by atoms with Gasteiger partial charge in [-0.1, -0.05) is 11.8 Å². The maximum Gasteiger partial charge on any atom is 0.433 e. The topological polar surface area (TPSA) is 67.2 Å². The van der Waals surface area contributed by atoms with E-state index in [2.05, 4.69) is 20.3 Å². The molecule has 1 aromatic rings. The molecular formula is C14H15F3N4OS. The zero-order valence-corrected chi connectivity index (χ0v) is 13.2. The molecule has 5 nitrogen and oxygen atoms in total. The van der Waals surface area contributed by atoms with Crippen LogP contribution in [0.2, 0.25) is 0 Å². The largest absolute Gasteiger partial charge is 0.433 e. The number of halogens is 3. The number of amidine groups is 1. The van der Waals surface area contributed by atoms with Gasteiger partial charge in [0.2, 0.25) is 5.91 Å². The third-order valence-electron chi connectivity index (χ3n) is 3.84. The van der Waals surface area contributed by atoms with Crippen molar-refractivity contribution in [1.82, 2.24) is 15.3 Å². The molecule has 0 aromatic carbocycles. The molecule has 0 bridgehead atoms. The number of carbonyl (C=O) groups is 1. The Morgan fingerprint density at radius 3 is 2.78 bits per heavy atom. The van der Waals surface area contributed by atoms with E-state index in [1.807, 2.05) is 0 Å².